The first-order chi connectivity index (χ1) is 12.9. The van der Waals surface area contributed by atoms with E-state index in [2.05, 4.69) is 5.32 Å². The Morgan fingerprint density at radius 3 is 2.15 bits per heavy atom. The molecular formula is C19H16Cl2N2O4. The summed E-state index contributed by atoms with van der Waals surface area (Å²) in [5, 5.41) is 2.97. The predicted octanol–water partition coefficient (Wildman–Crippen LogP) is 3.09. The number of rotatable bonds is 6. The number of carbonyl (C=O) groups excluding carboxylic acids is 3. The van der Waals surface area contributed by atoms with Crippen LogP contribution in [-0.2, 0) is 4.79 Å². The van der Waals surface area contributed by atoms with Gasteiger partial charge in [0.05, 0.1) is 27.7 Å². The lowest BCUT2D eigenvalue weighted by Gasteiger charge is -2.14. The Bertz CT molecular complexity index is 872. The third-order valence-electron chi connectivity index (χ3n) is 4.03. The van der Waals surface area contributed by atoms with Crippen LogP contribution in [0.5, 0.6) is 5.75 Å². The number of hydrogen-bond donors (Lipinski definition) is 1. The average molecular weight is 407 g/mol. The molecule has 1 heterocycles. The van der Waals surface area contributed by atoms with Crippen molar-refractivity contribution in [2.75, 3.05) is 19.7 Å². The Hall–Kier alpha value is -2.57. The fourth-order valence-electron chi connectivity index (χ4n) is 2.62. The highest BCUT2D eigenvalue weighted by Crippen LogP contribution is 2.31. The number of hydrogen-bond acceptors (Lipinski definition) is 4. The number of benzene rings is 2. The minimum atomic E-state index is -0.570. The third-order valence-corrected chi connectivity index (χ3v) is 4.75. The largest absolute Gasteiger partial charge is 0.492 e. The summed E-state index contributed by atoms with van der Waals surface area (Å²) in [5.41, 5.74) is 1.41. The van der Waals surface area contributed by atoms with E-state index in [-0.39, 0.29) is 40.9 Å². The van der Waals surface area contributed by atoms with Gasteiger partial charge in [-0.15, -0.1) is 0 Å². The van der Waals surface area contributed by atoms with Crippen molar-refractivity contribution in [1.29, 1.82) is 0 Å². The van der Waals surface area contributed by atoms with Gasteiger partial charge in [0, 0.05) is 0 Å². The van der Waals surface area contributed by atoms with Crippen LogP contribution in [0.3, 0.4) is 0 Å². The first kappa shape index (κ1) is 19.2. The summed E-state index contributed by atoms with van der Waals surface area (Å²) in [6, 6.07) is 10.2. The van der Waals surface area contributed by atoms with Gasteiger partial charge in [-0.3, -0.25) is 19.3 Å². The Labute approximate surface area is 166 Å². The van der Waals surface area contributed by atoms with Crippen LogP contribution in [0, 0.1) is 6.92 Å². The third kappa shape index (κ3) is 4.23. The number of halogens is 2. The summed E-state index contributed by atoms with van der Waals surface area (Å²) >= 11 is 11.8. The van der Waals surface area contributed by atoms with Crippen molar-refractivity contribution < 1.29 is 19.1 Å². The molecule has 1 aliphatic rings. The van der Waals surface area contributed by atoms with Crippen molar-refractivity contribution in [3.05, 3.63) is 63.1 Å². The highest BCUT2D eigenvalue weighted by Gasteiger charge is 2.37. The van der Waals surface area contributed by atoms with Gasteiger partial charge in [0.1, 0.15) is 18.9 Å². The zero-order valence-electron chi connectivity index (χ0n) is 14.4. The quantitative estimate of drug-likeness (QED) is 0.590. The molecule has 0 spiro atoms. The number of nitrogens with one attached hydrogen (secondary N) is 1. The SMILES string of the molecule is Cc1ccc(OCCNC(=O)CN2C(=O)c3cc(Cl)c(Cl)cc3C2=O)cc1. The monoisotopic (exact) mass is 406 g/mol. The van der Waals surface area contributed by atoms with Crippen molar-refractivity contribution in [2.24, 2.45) is 0 Å². The van der Waals surface area contributed by atoms with Crippen LogP contribution in [-0.4, -0.2) is 42.3 Å². The van der Waals surface area contributed by atoms with Crippen LogP contribution in [0.2, 0.25) is 10.0 Å². The number of imide groups is 1. The normalized spacial score (nSPS) is 12.9. The Balaban J connectivity index is 1.51. The first-order valence-electron chi connectivity index (χ1n) is 8.18. The summed E-state index contributed by atoms with van der Waals surface area (Å²) in [6.07, 6.45) is 0. The van der Waals surface area contributed by atoms with Crippen LogP contribution in [0.25, 0.3) is 0 Å². The molecule has 0 fully saturated rings. The number of aryl methyl sites for hydroxylation is 1. The lowest BCUT2D eigenvalue weighted by Crippen LogP contribution is -2.41. The summed E-state index contributed by atoms with van der Waals surface area (Å²) in [6.45, 7) is 2.10. The van der Waals surface area contributed by atoms with Crippen molar-refractivity contribution in [2.45, 2.75) is 6.92 Å². The zero-order chi connectivity index (χ0) is 19.6. The molecule has 0 saturated heterocycles. The fraction of sp³-hybridized carbons (Fsp3) is 0.211. The summed E-state index contributed by atoms with van der Waals surface area (Å²) < 4.78 is 5.51. The fourth-order valence-corrected chi connectivity index (χ4v) is 2.95. The molecule has 3 rings (SSSR count). The lowest BCUT2D eigenvalue weighted by molar-refractivity contribution is -0.121. The van der Waals surface area contributed by atoms with Gasteiger partial charge in [0.2, 0.25) is 5.91 Å². The molecule has 3 amide bonds. The highest BCUT2D eigenvalue weighted by atomic mass is 35.5. The smallest absolute Gasteiger partial charge is 0.262 e. The molecule has 1 aliphatic heterocycles. The minimum Gasteiger partial charge on any atom is -0.492 e. The maximum atomic E-state index is 12.3. The van der Waals surface area contributed by atoms with E-state index in [0.717, 1.165) is 10.5 Å². The van der Waals surface area contributed by atoms with Crippen LogP contribution >= 0.6 is 23.2 Å². The Kier molecular flexibility index (Phi) is 5.68. The van der Waals surface area contributed by atoms with E-state index in [1.165, 1.54) is 12.1 Å². The molecule has 6 nitrogen and oxygen atoms in total. The van der Waals surface area contributed by atoms with Crippen LogP contribution < -0.4 is 10.1 Å². The molecule has 0 aromatic heterocycles. The van der Waals surface area contributed by atoms with Crippen molar-refractivity contribution in [3.8, 4) is 5.75 Å². The average Bonchev–Trinajstić information content (AvgIpc) is 2.85. The standard InChI is InChI=1S/C19H16Cl2N2O4/c1-11-2-4-12(5-3-11)27-7-6-22-17(24)10-23-18(25)13-8-15(20)16(21)9-14(13)19(23)26/h2-5,8-9H,6-7,10H2,1H3,(H,22,24). The van der Waals surface area contributed by atoms with E-state index in [9.17, 15) is 14.4 Å². The van der Waals surface area contributed by atoms with E-state index in [1.54, 1.807) is 0 Å². The second-order valence-corrected chi connectivity index (χ2v) is 6.83. The Morgan fingerprint density at radius 1 is 1.04 bits per heavy atom. The molecule has 27 heavy (non-hydrogen) atoms. The van der Waals surface area contributed by atoms with E-state index >= 15 is 0 Å². The van der Waals surface area contributed by atoms with Gasteiger partial charge >= 0.3 is 0 Å². The Morgan fingerprint density at radius 2 is 1.59 bits per heavy atom. The first-order valence-corrected chi connectivity index (χ1v) is 8.94. The van der Waals surface area contributed by atoms with Gasteiger partial charge < -0.3 is 10.1 Å². The highest BCUT2D eigenvalue weighted by molar-refractivity contribution is 6.43. The number of nitrogens with zero attached hydrogens (tertiary/aromatic N) is 1. The van der Waals surface area contributed by atoms with Crippen LogP contribution in [0.1, 0.15) is 26.3 Å². The molecule has 2 aromatic rings. The molecule has 8 heteroatoms. The number of amides is 3. The molecule has 2 aromatic carbocycles. The van der Waals surface area contributed by atoms with Gasteiger partial charge in [-0.2, -0.15) is 0 Å². The second kappa shape index (κ2) is 7.98. The number of fused-ring (bicyclic) bond motifs is 1. The summed E-state index contributed by atoms with van der Waals surface area (Å²) in [4.78, 5) is 37.6. The molecular weight excluding hydrogens is 391 g/mol. The number of carbonyl (C=O) groups is 3. The maximum Gasteiger partial charge on any atom is 0.262 e. The van der Waals surface area contributed by atoms with Crippen molar-refractivity contribution >= 4 is 40.9 Å². The lowest BCUT2D eigenvalue weighted by atomic mass is 10.1. The van der Waals surface area contributed by atoms with Gasteiger partial charge in [-0.1, -0.05) is 40.9 Å². The van der Waals surface area contributed by atoms with Gasteiger partial charge in [-0.05, 0) is 31.2 Å². The molecule has 140 valence electrons. The maximum absolute atomic E-state index is 12.3. The second-order valence-electron chi connectivity index (χ2n) is 6.02. The molecule has 0 atom stereocenters. The molecule has 0 aliphatic carbocycles. The van der Waals surface area contributed by atoms with Gasteiger partial charge in [0.15, 0.2) is 0 Å². The minimum absolute atomic E-state index is 0.143. The van der Waals surface area contributed by atoms with E-state index in [0.29, 0.717) is 5.75 Å². The van der Waals surface area contributed by atoms with E-state index in [4.69, 9.17) is 27.9 Å². The zero-order valence-corrected chi connectivity index (χ0v) is 15.9. The molecule has 0 unspecified atom stereocenters. The number of ether oxygens (including phenoxy) is 1. The van der Waals surface area contributed by atoms with Gasteiger partial charge in [0.25, 0.3) is 11.8 Å². The summed E-state index contributed by atoms with van der Waals surface area (Å²) in [5.74, 6) is -0.905. The molecule has 0 saturated carbocycles. The molecule has 1 N–H and O–H groups in total. The van der Waals surface area contributed by atoms with Crippen molar-refractivity contribution in [1.82, 2.24) is 10.2 Å². The summed E-state index contributed by atoms with van der Waals surface area (Å²) in [7, 11) is 0. The molecule has 0 radical (unpaired) electrons. The topological polar surface area (TPSA) is 75.7 Å². The van der Waals surface area contributed by atoms with E-state index < -0.39 is 17.7 Å². The molecule has 0 bridgehead atoms. The van der Waals surface area contributed by atoms with Crippen molar-refractivity contribution in [3.63, 3.8) is 0 Å². The van der Waals surface area contributed by atoms with Crippen LogP contribution in [0.15, 0.2) is 36.4 Å². The van der Waals surface area contributed by atoms with Crippen LogP contribution in [0.4, 0.5) is 0 Å². The van der Waals surface area contributed by atoms with E-state index in [1.807, 2.05) is 31.2 Å². The van der Waals surface area contributed by atoms with Gasteiger partial charge in [-0.25, -0.2) is 0 Å². The predicted molar refractivity (Wildman–Crippen MR) is 102 cm³/mol.